The van der Waals surface area contributed by atoms with Crippen LogP contribution < -0.4 is 22.1 Å². The molecule has 30 heavy (non-hydrogen) atoms. The normalized spacial score (nSPS) is 11.2. The first kappa shape index (κ1) is 20.5. The lowest BCUT2D eigenvalue weighted by Crippen LogP contribution is -2.31. The van der Waals surface area contributed by atoms with E-state index >= 15 is 0 Å². The molecule has 4 rings (SSSR count). The highest BCUT2D eigenvalue weighted by Crippen LogP contribution is 2.36. The number of nitrogens with one attached hydrogen (secondary N) is 4. The Morgan fingerprint density at radius 3 is 2.43 bits per heavy atom. The first-order valence-electron chi connectivity index (χ1n) is 9.15. The van der Waals surface area contributed by atoms with E-state index in [0.29, 0.717) is 33.7 Å². The third-order valence-electron chi connectivity index (χ3n) is 4.82. The Hall–Kier alpha value is -2.80. The van der Waals surface area contributed by atoms with Gasteiger partial charge in [0, 0.05) is 39.7 Å². The number of benzene rings is 3. The molecule has 6 nitrogen and oxygen atoms in total. The van der Waals surface area contributed by atoms with Crippen molar-refractivity contribution in [3.63, 3.8) is 0 Å². The van der Waals surface area contributed by atoms with Crippen LogP contribution in [0.5, 0.6) is 0 Å². The summed E-state index contributed by atoms with van der Waals surface area (Å²) in [6.07, 6.45) is 0.655. The molecule has 1 heterocycles. The second-order valence-electron chi connectivity index (χ2n) is 6.95. The number of halogens is 3. The van der Waals surface area contributed by atoms with Crippen molar-refractivity contribution in [2.75, 3.05) is 17.6 Å². The summed E-state index contributed by atoms with van der Waals surface area (Å²) in [6.45, 7) is 0.526. The van der Waals surface area contributed by atoms with Crippen LogP contribution in [0.2, 0.25) is 15.1 Å². The van der Waals surface area contributed by atoms with Crippen molar-refractivity contribution >= 4 is 79.6 Å². The molecule has 0 aliphatic rings. The fraction of sp³-hybridized carbons (Fsp3) is 0.0952. The number of rotatable bonds is 5. The number of guanidine groups is 1. The summed E-state index contributed by atoms with van der Waals surface area (Å²) in [4.78, 5) is 3.44. The number of hydrogen-bond donors (Lipinski definition) is 6. The van der Waals surface area contributed by atoms with Crippen molar-refractivity contribution in [1.82, 2.24) is 10.3 Å². The van der Waals surface area contributed by atoms with Crippen LogP contribution in [0.3, 0.4) is 0 Å². The monoisotopic (exact) mass is 460 g/mol. The minimum absolute atomic E-state index is 0.0626. The molecule has 0 bridgehead atoms. The van der Waals surface area contributed by atoms with E-state index in [9.17, 15) is 0 Å². The van der Waals surface area contributed by atoms with Gasteiger partial charge in [0.05, 0.1) is 20.8 Å². The lowest BCUT2D eigenvalue weighted by Gasteiger charge is -2.12. The standard InChI is InChI=1S/C21H19Cl3N6/c22-15-2-1-11(7-18(15)25)29-12-5-10(3-4-28-21(26)27)20-14(6-12)13-8-16(23)17(24)9-19(13)30-20/h1-2,5-9,29-30H,3-4,25H2,(H4,26,27,28). The maximum atomic E-state index is 7.38. The van der Waals surface area contributed by atoms with Gasteiger partial charge in [-0.3, -0.25) is 5.41 Å². The molecule has 0 saturated carbocycles. The molecule has 0 unspecified atom stereocenters. The van der Waals surface area contributed by atoms with Gasteiger partial charge in [-0.2, -0.15) is 0 Å². The average Bonchev–Trinajstić information content (AvgIpc) is 3.02. The fourth-order valence-corrected chi connectivity index (χ4v) is 3.90. The molecule has 3 aromatic carbocycles. The summed E-state index contributed by atoms with van der Waals surface area (Å²) in [5, 5.41) is 17.1. The molecule has 1 aromatic heterocycles. The van der Waals surface area contributed by atoms with Crippen LogP contribution in [0.25, 0.3) is 21.8 Å². The van der Waals surface area contributed by atoms with Gasteiger partial charge in [0.1, 0.15) is 0 Å². The number of hydrogen-bond acceptors (Lipinski definition) is 3. The van der Waals surface area contributed by atoms with Crippen LogP contribution in [0, 0.1) is 5.41 Å². The molecule has 0 spiro atoms. The summed E-state index contributed by atoms with van der Waals surface area (Å²) in [7, 11) is 0. The Labute approximate surface area is 188 Å². The molecule has 0 radical (unpaired) electrons. The van der Waals surface area contributed by atoms with Gasteiger partial charge >= 0.3 is 0 Å². The van der Waals surface area contributed by atoms with Crippen LogP contribution in [-0.2, 0) is 6.42 Å². The zero-order valence-electron chi connectivity index (χ0n) is 15.7. The van der Waals surface area contributed by atoms with Gasteiger partial charge in [-0.15, -0.1) is 0 Å². The minimum Gasteiger partial charge on any atom is -0.397 e. The zero-order chi connectivity index (χ0) is 21.4. The first-order valence-corrected chi connectivity index (χ1v) is 10.3. The Kier molecular flexibility index (Phi) is 5.56. The van der Waals surface area contributed by atoms with Gasteiger partial charge < -0.3 is 27.1 Å². The maximum absolute atomic E-state index is 7.38. The predicted molar refractivity (Wildman–Crippen MR) is 129 cm³/mol. The van der Waals surface area contributed by atoms with Gasteiger partial charge in [-0.25, -0.2) is 0 Å². The van der Waals surface area contributed by atoms with E-state index in [-0.39, 0.29) is 5.96 Å². The third kappa shape index (κ3) is 4.07. The summed E-state index contributed by atoms with van der Waals surface area (Å²) < 4.78 is 0. The summed E-state index contributed by atoms with van der Waals surface area (Å²) >= 11 is 18.5. The summed E-state index contributed by atoms with van der Waals surface area (Å²) in [5.41, 5.74) is 16.5. The lowest BCUT2D eigenvalue weighted by molar-refractivity contribution is 0.857. The van der Waals surface area contributed by atoms with E-state index in [0.717, 1.165) is 38.7 Å². The highest BCUT2D eigenvalue weighted by molar-refractivity contribution is 6.43. The van der Waals surface area contributed by atoms with Crippen molar-refractivity contribution in [3.05, 3.63) is 63.1 Å². The third-order valence-corrected chi connectivity index (χ3v) is 5.89. The zero-order valence-corrected chi connectivity index (χ0v) is 18.0. The van der Waals surface area contributed by atoms with Crippen LogP contribution in [0.15, 0.2) is 42.5 Å². The molecule has 0 aliphatic carbocycles. The lowest BCUT2D eigenvalue weighted by atomic mass is 10.0. The first-order chi connectivity index (χ1) is 14.3. The topological polar surface area (TPSA) is 116 Å². The number of H-pyrrole nitrogens is 1. The van der Waals surface area contributed by atoms with Crippen LogP contribution in [0.4, 0.5) is 17.1 Å². The molecule has 0 saturated heterocycles. The average molecular weight is 462 g/mol. The smallest absolute Gasteiger partial charge is 0.185 e. The number of nitrogens with two attached hydrogens (primary N) is 2. The molecule has 4 aromatic rings. The van der Waals surface area contributed by atoms with Gasteiger partial charge in [-0.1, -0.05) is 34.8 Å². The molecule has 8 N–H and O–H groups in total. The number of nitrogen functional groups attached to an aromatic ring is 1. The SMILES string of the molecule is N=C(N)NCCc1cc(Nc2ccc(Cl)c(N)c2)cc2c1[nH]c1cc(Cl)c(Cl)cc12. The Balaban J connectivity index is 1.82. The van der Waals surface area contributed by atoms with Gasteiger partial charge in [-0.05, 0) is 54.4 Å². The highest BCUT2D eigenvalue weighted by Gasteiger charge is 2.13. The van der Waals surface area contributed by atoms with E-state index in [2.05, 4.69) is 15.6 Å². The van der Waals surface area contributed by atoms with Crippen molar-refractivity contribution < 1.29 is 0 Å². The molecule has 0 fully saturated rings. The number of aromatic amines is 1. The maximum Gasteiger partial charge on any atom is 0.185 e. The number of fused-ring (bicyclic) bond motifs is 3. The Bertz CT molecular complexity index is 1280. The number of aromatic nitrogens is 1. The van der Waals surface area contributed by atoms with E-state index in [1.165, 1.54) is 0 Å². The molecular formula is C21H19Cl3N6. The Morgan fingerprint density at radius 1 is 0.933 bits per heavy atom. The minimum atomic E-state index is -0.0626. The molecule has 0 amide bonds. The van der Waals surface area contributed by atoms with E-state index in [1.807, 2.05) is 30.3 Å². The van der Waals surface area contributed by atoms with E-state index in [4.69, 9.17) is 51.7 Å². The second-order valence-corrected chi connectivity index (χ2v) is 8.17. The highest BCUT2D eigenvalue weighted by atomic mass is 35.5. The molecule has 154 valence electrons. The molecule has 0 aliphatic heterocycles. The molecular weight excluding hydrogens is 443 g/mol. The summed E-state index contributed by atoms with van der Waals surface area (Å²) in [5.74, 6) is -0.0626. The van der Waals surface area contributed by atoms with Crippen LogP contribution in [-0.4, -0.2) is 17.5 Å². The van der Waals surface area contributed by atoms with Gasteiger partial charge in [0.25, 0.3) is 0 Å². The van der Waals surface area contributed by atoms with Crippen LogP contribution in [0.1, 0.15) is 5.56 Å². The quantitative estimate of drug-likeness (QED) is 0.131. The molecule has 9 heteroatoms. The fourth-order valence-electron chi connectivity index (χ4n) is 3.46. The largest absolute Gasteiger partial charge is 0.397 e. The predicted octanol–water partition coefficient (Wildman–Crippen LogP) is 5.63. The van der Waals surface area contributed by atoms with Crippen molar-refractivity contribution in [2.45, 2.75) is 6.42 Å². The van der Waals surface area contributed by atoms with Crippen molar-refractivity contribution in [2.24, 2.45) is 5.73 Å². The van der Waals surface area contributed by atoms with Crippen molar-refractivity contribution in [3.8, 4) is 0 Å². The Morgan fingerprint density at radius 2 is 1.70 bits per heavy atom. The van der Waals surface area contributed by atoms with E-state index in [1.54, 1.807) is 12.1 Å². The van der Waals surface area contributed by atoms with Gasteiger partial charge in [0.15, 0.2) is 5.96 Å². The summed E-state index contributed by atoms with van der Waals surface area (Å²) in [6, 6.07) is 13.2. The van der Waals surface area contributed by atoms with Crippen LogP contribution >= 0.6 is 34.8 Å². The second kappa shape index (κ2) is 8.14. The van der Waals surface area contributed by atoms with E-state index < -0.39 is 0 Å². The number of anilines is 3. The van der Waals surface area contributed by atoms with Gasteiger partial charge in [0.2, 0.25) is 0 Å². The van der Waals surface area contributed by atoms with Crippen molar-refractivity contribution in [1.29, 1.82) is 5.41 Å². The molecule has 0 atom stereocenters.